The largest absolute Gasteiger partial charge is 0.490 e. The van der Waals surface area contributed by atoms with Crippen LogP contribution in [0, 0.1) is 0 Å². The second kappa shape index (κ2) is 11.2. The van der Waals surface area contributed by atoms with Crippen LogP contribution < -0.4 is 14.8 Å². The minimum atomic E-state index is -0.550. The molecule has 7 nitrogen and oxygen atoms in total. The van der Waals surface area contributed by atoms with E-state index in [1.165, 1.54) is 4.90 Å². The predicted molar refractivity (Wildman–Crippen MR) is 118 cm³/mol. The standard InChI is InChI=1S/C23H31N3O4/c1-6-29-19-14-13-18(15-20(19)30-7-2)24-21(27)16-26(5)22(23(28)25(3)4)17-11-9-8-10-12-17/h8-15,22H,6-7,16H2,1-5H3,(H,24,27)/t22-/m1/s1. The summed E-state index contributed by atoms with van der Waals surface area (Å²) in [7, 11) is 5.19. The Labute approximate surface area is 178 Å². The molecule has 0 bridgehead atoms. The van der Waals surface area contributed by atoms with Crippen molar-refractivity contribution in [2.75, 3.05) is 46.2 Å². The Hall–Kier alpha value is -3.06. The maximum Gasteiger partial charge on any atom is 0.244 e. The van der Waals surface area contributed by atoms with Gasteiger partial charge in [0.25, 0.3) is 0 Å². The quantitative estimate of drug-likeness (QED) is 0.648. The number of amides is 2. The van der Waals surface area contributed by atoms with Gasteiger partial charge in [-0.2, -0.15) is 0 Å². The summed E-state index contributed by atoms with van der Waals surface area (Å²) < 4.78 is 11.2. The number of nitrogens with zero attached hydrogens (tertiary/aromatic N) is 2. The Bertz CT molecular complexity index is 840. The van der Waals surface area contributed by atoms with Gasteiger partial charge in [0.2, 0.25) is 11.8 Å². The molecule has 0 radical (unpaired) electrons. The summed E-state index contributed by atoms with van der Waals surface area (Å²) in [6, 6.07) is 14.2. The molecule has 0 saturated heterocycles. The van der Waals surface area contributed by atoms with E-state index in [1.54, 1.807) is 44.2 Å². The van der Waals surface area contributed by atoms with Crippen molar-refractivity contribution in [3.63, 3.8) is 0 Å². The number of nitrogens with one attached hydrogen (secondary N) is 1. The Morgan fingerprint density at radius 1 is 0.933 bits per heavy atom. The van der Waals surface area contributed by atoms with Crippen LogP contribution in [0.15, 0.2) is 48.5 Å². The van der Waals surface area contributed by atoms with Crippen molar-refractivity contribution in [1.82, 2.24) is 9.80 Å². The number of ether oxygens (including phenoxy) is 2. The molecule has 1 N–H and O–H groups in total. The van der Waals surface area contributed by atoms with Gasteiger partial charge in [-0.1, -0.05) is 30.3 Å². The summed E-state index contributed by atoms with van der Waals surface area (Å²) >= 11 is 0. The van der Waals surface area contributed by atoms with Crippen molar-refractivity contribution < 1.29 is 19.1 Å². The highest BCUT2D eigenvalue weighted by molar-refractivity contribution is 5.93. The molecule has 162 valence electrons. The summed E-state index contributed by atoms with van der Waals surface area (Å²) in [6.45, 7) is 4.86. The molecule has 0 aliphatic heterocycles. The third kappa shape index (κ3) is 6.22. The van der Waals surface area contributed by atoms with Crippen LogP contribution in [0.25, 0.3) is 0 Å². The van der Waals surface area contributed by atoms with Crippen molar-refractivity contribution in [2.24, 2.45) is 0 Å². The number of hydrogen-bond donors (Lipinski definition) is 1. The SMILES string of the molecule is CCOc1ccc(NC(=O)CN(C)[C@@H](C(=O)N(C)C)c2ccccc2)cc1OCC. The molecule has 7 heteroatoms. The molecule has 0 fully saturated rings. The van der Waals surface area contributed by atoms with E-state index in [0.717, 1.165) is 5.56 Å². The van der Waals surface area contributed by atoms with E-state index in [1.807, 2.05) is 44.2 Å². The molecule has 0 unspecified atom stereocenters. The lowest BCUT2D eigenvalue weighted by molar-refractivity contribution is -0.134. The van der Waals surface area contributed by atoms with Crippen molar-refractivity contribution in [1.29, 1.82) is 0 Å². The molecule has 0 aliphatic rings. The second-order valence-electron chi connectivity index (χ2n) is 7.04. The number of hydrogen-bond acceptors (Lipinski definition) is 5. The maximum absolute atomic E-state index is 12.8. The van der Waals surface area contributed by atoms with Gasteiger partial charge in [-0.3, -0.25) is 14.5 Å². The molecule has 2 rings (SSSR count). The maximum atomic E-state index is 12.8. The Morgan fingerprint density at radius 2 is 1.57 bits per heavy atom. The van der Waals surface area contributed by atoms with Gasteiger partial charge < -0.3 is 19.7 Å². The molecule has 1 atom stereocenters. The number of rotatable bonds is 10. The molecule has 2 amide bonds. The lowest BCUT2D eigenvalue weighted by Gasteiger charge is -2.29. The molecule has 2 aromatic carbocycles. The van der Waals surface area contributed by atoms with E-state index in [9.17, 15) is 9.59 Å². The number of anilines is 1. The fraction of sp³-hybridized carbons (Fsp3) is 0.391. The van der Waals surface area contributed by atoms with E-state index in [-0.39, 0.29) is 18.4 Å². The van der Waals surface area contributed by atoms with Crippen molar-refractivity contribution in [3.05, 3.63) is 54.1 Å². The Kier molecular flexibility index (Phi) is 8.68. The van der Waals surface area contributed by atoms with Crippen molar-refractivity contribution in [2.45, 2.75) is 19.9 Å². The molecule has 30 heavy (non-hydrogen) atoms. The van der Waals surface area contributed by atoms with Crippen LogP contribution in [0.3, 0.4) is 0 Å². The van der Waals surface area contributed by atoms with E-state index >= 15 is 0 Å². The third-order valence-corrected chi connectivity index (χ3v) is 4.45. The predicted octanol–water partition coefficient (Wildman–Crippen LogP) is 3.18. The van der Waals surface area contributed by atoms with Gasteiger partial charge in [0.15, 0.2) is 11.5 Å². The van der Waals surface area contributed by atoms with E-state index in [0.29, 0.717) is 30.4 Å². The van der Waals surface area contributed by atoms with Gasteiger partial charge in [-0.05, 0) is 38.6 Å². The minimum Gasteiger partial charge on any atom is -0.490 e. The number of benzene rings is 2. The molecule has 0 spiro atoms. The van der Waals surface area contributed by atoms with Crippen molar-refractivity contribution in [3.8, 4) is 11.5 Å². The fourth-order valence-corrected chi connectivity index (χ4v) is 3.11. The first-order valence-electron chi connectivity index (χ1n) is 10.0. The lowest BCUT2D eigenvalue weighted by atomic mass is 10.0. The molecule has 0 heterocycles. The first kappa shape index (κ1) is 23.2. The highest BCUT2D eigenvalue weighted by atomic mass is 16.5. The third-order valence-electron chi connectivity index (χ3n) is 4.45. The zero-order chi connectivity index (χ0) is 22.1. The first-order chi connectivity index (χ1) is 14.4. The topological polar surface area (TPSA) is 71.1 Å². The van der Waals surface area contributed by atoms with Crippen LogP contribution in [-0.2, 0) is 9.59 Å². The second-order valence-corrected chi connectivity index (χ2v) is 7.04. The molecule has 0 aromatic heterocycles. The van der Waals surface area contributed by atoms with Gasteiger partial charge in [0, 0.05) is 25.8 Å². The van der Waals surface area contributed by atoms with Gasteiger partial charge in [0.1, 0.15) is 6.04 Å². The average Bonchev–Trinajstić information content (AvgIpc) is 2.71. The lowest BCUT2D eigenvalue weighted by Crippen LogP contribution is -2.41. The molecule has 0 aliphatic carbocycles. The normalized spacial score (nSPS) is 11.7. The highest BCUT2D eigenvalue weighted by Gasteiger charge is 2.27. The van der Waals surface area contributed by atoms with Crippen LogP contribution in [0.1, 0.15) is 25.5 Å². The Morgan fingerprint density at radius 3 is 2.17 bits per heavy atom. The fourth-order valence-electron chi connectivity index (χ4n) is 3.11. The Balaban J connectivity index is 2.13. The summed E-state index contributed by atoms with van der Waals surface area (Å²) in [6.07, 6.45) is 0. The van der Waals surface area contributed by atoms with E-state index in [2.05, 4.69) is 5.32 Å². The molecular weight excluding hydrogens is 382 g/mol. The zero-order valence-corrected chi connectivity index (χ0v) is 18.3. The van der Waals surface area contributed by atoms with Crippen LogP contribution in [0.2, 0.25) is 0 Å². The van der Waals surface area contributed by atoms with Crippen LogP contribution in [-0.4, -0.2) is 62.5 Å². The smallest absolute Gasteiger partial charge is 0.244 e. The van der Waals surface area contributed by atoms with Crippen LogP contribution in [0.5, 0.6) is 11.5 Å². The summed E-state index contributed by atoms with van der Waals surface area (Å²) in [4.78, 5) is 28.7. The van der Waals surface area contributed by atoms with Gasteiger partial charge >= 0.3 is 0 Å². The zero-order valence-electron chi connectivity index (χ0n) is 18.3. The number of likely N-dealkylation sites (N-methyl/N-ethyl adjacent to an activating group) is 2. The number of carbonyl (C=O) groups is 2. The summed E-state index contributed by atoms with van der Waals surface area (Å²) in [5, 5.41) is 2.87. The van der Waals surface area contributed by atoms with Gasteiger partial charge in [-0.25, -0.2) is 0 Å². The minimum absolute atomic E-state index is 0.0519. The molecular formula is C23H31N3O4. The van der Waals surface area contributed by atoms with Gasteiger partial charge in [-0.15, -0.1) is 0 Å². The summed E-state index contributed by atoms with van der Waals surface area (Å²) in [5.74, 6) is 0.901. The highest BCUT2D eigenvalue weighted by Crippen LogP contribution is 2.30. The monoisotopic (exact) mass is 413 g/mol. The van der Waals surface area contributed by atoms with Crippen molar-refractivity contribution >= 4 is 17.5 Å². The molecule has 0 saturated carbocycles. The van der Waals surface area contributed by atoms with Crippen LogP contribution >= 0.6 is 0 Å². The first-order valence-corrected chi connectivity index (χ1v) is 10.0. The molecule has 2 aromatic rings. The van der Waals surface area contributed by atoms with E-state index < -0.39 is 6.04 Å². The summed E-state index contributed by atoms with van der Waals surface area (Å²) in [5.41, 5.74) is 1.45. The average molecular weight is 414 g/mol. The van der Waals surface area contributed by atoms with Gasteiger partial charge in [0.05, 0.1) is 19.8 Å². The number of carbonyl (C=O) groups excluding carboxylic acids is 2. The van der Waals surface area contributed by atoms with E-state index in [4.69, 9.17) is 9.47 Å². The van der Waals surface area contributed by atoms with Crippen LogP contribution in [0.4, 0.5) is 5.69 Å².